The molecule has 0 amide bonds. The summed E-state index contributed by atoms with van der Waals surface area (Å²) in [5.41, 5.74) is 2.34. The number of aromatic nitrogens is 2. The van der Waals surface area contributed by atoms with Gasteiger partial charge in [0.05, 0.1) is 18.0 Å². The number of aliphatic hydroxyl groups is 1. The van der Waals surface area contributed by atoms with Crippen molar-refractivity contribution < 1.29 is 5.11 Å². The van der Waals surface area contributed by atoms with E-state index >= 15 is 0 Å². The minimum absolute atomic E-state index is 0.180. The van der Waals surface area contributed by atoms with Crippen LogP contribution in [0.5, 0.6) is 0 Å². The average molecular weight is 209 g/mol. The lowest BCUT2D eigenvalue weighted by Gasteiger charge is -2.20. The summed E-state index contributed by atoms with van der Waals surface area (Å²) in [6.07, 6.45) is 4.26. The summed E-state index contributed by atoms with van der Waals surface area (Å²) in [6, 6.07) is 0.180. The average Bonchev–Trinajstić information content (AvgIpc) is 2.67. The van der Waals surface area contributed by atoms with Gasteiger partial charge in [0.15, 0.2) is 0 Å². The number of aliphatic hydroxyl groups excluding tert-OH is 1. The zero-order valence-corrected chi connectivity index (χ0v) is 9.21. The number of aryl methyl sites for hydroxylation is 1. The number of hydrogen-bond acceptors (Lipinski definition) is 3. The Morgan fingerprint density at radius 1 is 1.53 bits per heavy atom. The van der Waals surface area contributed by atoms with Gasteiger partial charge in [0.25, 0.3) is 0 Å². The number of fused-ring (bicyclic) bond motifs is 1. The number of hydrogen-bond donors (Lipinski definition) is 3. The molecule has 0 aliphatic carbocycles. The molecule has 0 radical (unpaired) electrons. The number of imidazole rings is 1. The predicted octanol–water partition coefficient (Wildman–Crippen LogP) is 0.759. The third-order valence-electron chi connectivity index (χ3n) is 2.91. The Kier molecular flexibility index (Phi) is 3.38. The standard InChI is InChI=1S/C11H19N3O/c1-2-3-4-11-13-9-5-8(7-15)12-6-10(9)14-11/h8,12,15H,2-7H2,1H3,(H,13,14)/t8-/m0/s1. The monoisotopic (exact) mass is 209 g/mol. The van der Waals surface area contributed by atoms with Gasteiger partial charge in [-0.1, -0.05) is 13.3 Å². The van der Waals surface area contributed by atoms with Crippen molar-refractivity contribution in [3.8, 4) is 0 Å². The molecule has 0 saturated heterocycles. The molecule has 1 aromatic heterocycles. The van der Waals surface area contributed by atoms with Crippen molar-refractivity contribution in [3.63, 3.8) is 0 Å². The molecular weight excluding hydrogens is 190 g/mol. The van der Waals surface area contributed by atoms with Crippen LogP contribution in [0.4, 0.5) is 0 Å². The van der Waals surface area contributed by atoms with Gasteiger partial charge in [0.2, 0.25) is 0 Å². The largest absolute Gasteiger partial charge is 0.395 e. The molecule has 1 aliphatic heterocycles. The first-order chi connectivity index (χ1) is 7.33. The number of nitrogens with one attached hydrogen (secondary N) is 2. The second kappa shape index (κ2) is 4.77. The first-order valence-corrected chi connectivity index (χ1v) is 5.74. The zero-order valence-electron chi connectivity index (χ0n) is 9.21. The van der Waals surface area contributed by atoms with Gasteiger partial charge in [0, 0.05) is 25.4 Å². The van der Waals surface area contributed by atoms with Gasteiger partial charge in [-0.3, -0.25) is 0 Å². The molecule has 0 aromatic carbocycles. The summed E-state index contributed by atoms with van der Waals surface area (Å²) in [4.78, 5) is 7.94. The van der Waals surface area contributed by atoms with E-state index in [1.54, 1.807) is 0 Å². The second-order valence-corrected chi connectivity index (χ2v) is 4.18. The molecule has 4 heteroatoms. The maximum absolute atomic E-state index is 9.06. The molecule has 1 aromatic rings. The number of rotatable bonds is 4. The normalized spacial score (nSPS) is 20.3. The maximum atomic E-state index is 9.06. The van der Waals surface area contributed by atoms with E-state index in [0.29, 0.717) is 0 Å². The van der Waals surface area contributed by atoms with Crippen molar-refractivity contribution in [2.24, 2.45) is 0 Å². The van der Waals surface area contributed by atoms with Crippen molar-refractivity contribution in [1.82, 2.24) is 15.3 Å². The van der Waals surface area contributed by atoms with Gasteiger partial charge in [-0.15, -0.1) is 0 Å². The molecule has 0 saturated carbocycles. The first-order valence-electron chi connectivity index (χ1n) is 5.74. The minimum Gasteiger partial charge on any atom is -0.395 e. The zero-order chi connectivity index (χ0) is 10.7. The van der Waals surface area contributed by atoms with Crippen molar-refractivity contribution in [2.45, 2.75) is 45.2 Å². The van der Waals surface area contributed by atoms with E-state index in [9.17, 15) is 0 Å². The Morgan fingerprint density at radius 3 is 3.13 bits per heavy atom. The van der Waals surface area contributed by atoms with Gasteiger partial charge in [-0.05, 0) is 6.42 Å². The van der Waals surface area contributed by atoms with Crippen LogP contribution in [0.3, 0.4) is 0 Å². The van der Waals surface area contributed by atoms with Crippen LogP contribution >= 0.6 is 0 Å². The molecule has 1 aliphatic rings. The topological polar surface area (TPSA) is 60.9 Å². The Morgan fingerprint density at radius 2 is 2.40 bits per heavy atom. The number of unbranched alkanes of at least 4 members (excludes halogenated alkanes) is 1. The number of nitrogens with zero attached hydrogens (tertiary/aromatic N) is 1. The lowest BCUT2D eigenvalue weighted by Crippen LogP contribution is -2.38. The Labute approximate surface area is 90.1 Å². The molecule has 1 atom stereocenters. The Bertz CT molecular complexity index is 322. The Balaban J connectivity index is 2.04. The van der Waals surface area contributed by atoms with Crippen LogP contribution in [0.2, 0.25) is 0 Å². The first kappa shape index (κ1) is 10.6. The minimum atomic E-state index is 0.180. The number of H-pyrrole nitrogens is 1. The van der Waals surface area contributed by atoms with Crippen molar-refractivity contribution in [2.75, 3.05) is 6.61 Å². The van der Waals surface area contributed by atoms with Crippen LogP contribution in [0.15, 0.2) is 0 Å². The van der Waals surface area contributed by atoms with Gasteiger partial charge in [-0.2, -0.15) is 0 Å². The van der Waals surface area contributed by atoms with E-state index in [-0.39, 0.29) is 12.6 Å². The molecular formula is C11H19N3O. The highest BCUT2D eigenvalue weighted by Crippen LogP contribution is 2.15. The SMILES string of the molecule is CCCCc1nc2c([nH]1)CN[C@H](CO)C2. The fraction of sp³-hybridized carbons (Fsp3) is 0.727. The van der Waals surface area contributed by atoms with Crippen molar-refractivity contribution >= 4 is 0 Å². The van der Waals surface area contributed by atoms with E-state index in [0.717, 1.165) is 30.9 Å². The second-order valence-electron chi connectivity index (χ2n) is 4.18. The lowest BCUT2D eigenvalue weighted by atomic mass is 10.1. The van der Waals surface area contributed by atoms with Crippen LogP contribution < -0.4 is 5.32 Å². The van der Waals surface area contributed by atoms with Crippen LogP contribution in [0.25, 0.3) is 0 Å². The van der Waals surface area contributed by atoms with Gasteiger partial charge in [-0.25, -0.2) is 4.98 Å². The predicted molar refractivity (Wildman–Crippen MR) is 58.6 cm³/mol. The van der Waals surface area contributed by atoms with Gasteiger partial charge < -0.3 is 15.4 Å². The van der Waals surface area contributed by atoms with Crippen LogP contribution in [0, 0.1) is 0 Å². The summed E-state index contributed by atoms with van der Waals surface area (Å²) >= 11 is 0. The van der Waals surface area contributed by atoms with E-state index in [4.69, 9.17) is 5.11 Å². The molecule has 3 N–H and O–H groups in total. The highest BCUT2D eigenvalue weighted by molar-refractivity contribution is 5.19. The Hall–Kier alpha value is -0.870. The molecule has 84 valence electrons. The molecule has 0 bridgehead atoms. The van der Waals surface area contributed by atoms with E-state index < -0.39 is 0 Å². The third-order valence-corrected chi connectivity index (χ3v) is 2.91. The quantitative estimate of drug-likeness (QED) is 0.686. The summed E-state index contributed by atoms with van der Waals surface area (Å²) < 4.78 is 0. The fourth-order valence-electron chi connectivity index (χ4n) is 1.96. The van der Waals surface area contributed by atoms with Crippen molar-refractivity contribution in [3.05, 3.63) is 17.2 Å². The highest BCUT2D eigenvalue weighted by Gasteiger charge is 2.20. The molecule has 0 spiro atoms. The van der Waals surface area contributed by atoms with E-state index in [2.05, 4.69) is 22.2 Å². The summed E-state index contributed by atoms with van der Waals surface area (Å²) in [7, 11) is 0. The van der Waals surface area contributed by atoms with E-state index in [1.807, 2.05) is 0 Å². The maximum Gasteiger partial charge on any atom is 0.106 e. The van der Waals surface area contributed by atoms with Crippen LogP contribution in [-0.4, -0.2) is 27.7 Å². The third kappa shape index (κ3) is 2.38. The molecule has 15 heavy (non-hydrogen) atoms. The van der Waals surface area contributed by atoms with Crippen LogP contribution in [0.1, 0.15) is 37.0 Å². The summed E-state index contributed by atoms with van der Waals surface area (Å²) in [6.45, 7) is 3.18. The lowest BCUT2D eigenvalue weighted by molar-refractivity contribution is 0.234. The van der Waals surface area contributed by atoms with Crippen LogP contribution in [-0.2, 0) is 19.4 Å². The fourth-order valence-corrected chi connectivity index (χ4v) is 1.96. The summed E-state index contributed by atoms with van der Waals surface area (Å²) in [5, 5.41) is 12.3. The van der Waals surface area contributed by atoms with Crippen molar-refractivity contribution in [1.29, 1.82) is 0 Å². The molecule has 0 unspecified atom stereocenters. The smallest absolute Gasteiger partial charge is 0.106 e. The van der Waals surface area contributed by atoms with Gasteiger partial charge >= 0.3 is 0 Å². The summed E-state index contributed by atoms with van der Waals surface area (Å²) in [5.74, 6) is 1.10. The molecule has 4 nitrogen and oxygen atoms in total. The molecule has 2 heterocycles. The van der Waals surface area contributed by atoms with Gasteiger partial charge in [0.1, 0.15) is 5.82 Å². The molecule has 0 fully saturated rings. The number of aromatic amines is 1. The molecule has 2 rings (SSSR count). The van der Waals surface area contributed by atoms with E-state index in [1.165, 1.54) is 18.5 Å². The highest BCUT2D eigenvalue weighted by atomic mass is 16.3.